The number of benzene rings is 1. The van der Waals surface area contributed by atoms with Gasteiger partial charge in [0, 0.05) is 11.7 Å². The van der Waals surface area contributed by atoms with Gasteiger partial charge in [0.15, 0.2) is 5.76 Å². The maximum atomic E-state index is 12.6. The van der Waals surface area contributed by atoms with Crippen LogP contribution < -0.4 is 4.74 Å². The maximum Gasteiger partial charge on any atom is 0.230 e. The first-order valence-corrected chi connectivity index (χ1v) is 6.54. The fourth-order valence-electron chi connectivity index (χ4n) is 2.33. The average molecular weight is 269 g/mol. The largest absolute Gasteiger partial charge is 0.493 e. The quantitative estimate of drug-likeness (QED) is 0.735. The fraction of sp³-hybridized carbons (Fsp3) is 0.188. The zero-order valence-electron chi connectivity index (χ0n) is 11.4. The molecule has 0 fully saturated rings. The van der Waals surface area contributed by atoms with Crippen molar-refractivity contribution in [3.8, 4) is 5.75 Å². The Bertz CT molecular complexity index is 767. The molecule has 4 nitrogen and oxygen atoms in total. The van der Waals surface area contributed by atoms with E-state index in [1.165, 1.54) is 6.26 Å². The highest BCUT2D eigenvalue weighted by Crippen LogP contribution is 2.30. The highest BCUT2D eigenvalue weighted by Gasteiger charge is 2.21. The molecule has 4 heteroatoms. The molecule has 0 saturated heterocycles. The summed E-state index contributed by atoms with van der Waals surface area (Å²) < 4.78 is 10.9. The predicted molar refractivity (Wildman–Crippen MR) is 76.3 cm³/mol. The molecule has 0 aliphatic heterocycles. The molecule has 3 rings (SSSR count). The van der Waals surface area contributed by atoms with Crippen LogP contribution in [0.2, 0.25) is 0 Å². The lowest BCUT2D eigenvalue weighted by molar-refractivity contribution is 0.101. The minimum absolute atomic E-state index is 0.133. The van der Waals surface area contributed by atoms with E-state index in [0.717, 1.165) is 16.5 Å². The number of carbonyl (C=O) groups is 1. The zero-order valence-corrected chi connectivity index (χ0v) is 11.4. The Morgan fingerprint density at radius 3 is 2.90 bits per heavy atom. The van der Waals surface area contributed by atoms with E-state index in [2.05, 4.69) is 4.98 Å². The Kier molecular flexibility index (Phi) is 3.06. The van der Waals surface area contributed by atoms with Gasteiger partial charge in [-0.05, 0) is 37.6 Å². The van der Waals surface area contributed by atoms with Crippen molar-refractivity contribution in [2.24, 2.45) is 0 Å². The summed E-state index contributed by atoms with van der Waals surface area (Å²) in [5, 5.41) is 0.801. The van der Waals surface area contributed by atoms with Crippen molar-refractivity contribution in [2.75, 3.05) is 6.61 Å². The minimum Gasteiger partial charge on any atom is -0.493 e. The molecule has 2 heterocycles. The van der Waals surface area contributed by atoms with Gasteiger partial charge >= 0.3 is 0 Å². The van der Waals surface area contributed by atoms with Crippen LogP contribution in [0.1, 0.15) is 28.6 Å². The van der Waals surface area contributed by atoms with Crippen LogP contribution in [0.3, 0.4) is 0 Å². The second-order valence-electron chi connectivity index (χ2n) is 4.58. The van der Waals surface area contributed by atoms with Crippen molar-refractivity contribution < 1.29 is 13.9 Å². The molecule has 1 N–H and O–H groups in total. The van der Waals surface area contributed by atoms with Crippen LogP contribution in [0.5, 0.6) is 5.75 Å². The highest BCUT2D eigenvalue weighted by molar-refractivity contribution is 6.16. The number of carbonyl (C=O) groups excluding carboxylic acids is 1. The molecule has 1 aromatic carbocycles. The van der Waals surface area contributed by atoms with Crippen molar-refractivity contribution in [1.82, 2.24) is 4.98 Å². The first-order valence-electron chi connectivity index (χ1n) is 6.54. The third-order valence-corrected chi connectivity index (χ3v) is 3.28. The van der Waals surface area contributed by atoms with E-state index in [9.17, 15) is 4.79 Å². The van der Waals surface area contributed by atoms with Crippen LogP contribution in [-0.2, 0) is 0 Å². The lowest BCUT2D eigenvalue weighted by Gasteiger charge is -2.06. The first kappa shape index (κ1) is 12.5. The van der Waals surface area contributed by atoms with E-state index < -0.39 is 0 Å². The summed E-state index contributed by atoms with van der Waals surface area (Å²) in [5.41, 5.74) is 2.28. The molecule has 0 unspecified atom stereocenters. The number of fused-ring (bicyclic) bond motifs is 1. The van der Waals surface area contributed by atoms with E-state index in [-0.39, 0.29) is 5.78 Å². The lowest BCUT2D eigenvalue weighted by Crippen LogP contribution is -2.01. The van der Waals surface area contributed by atoms with Crippen LogP contribution in [0.4, 0.5) is 0 Å². The molecule has 20 heavy (non-hydrogen) atoms. The number of H-pyrrole nitrogens is 1. The molecule has 102 valence electrons. The third kappa shape index (κ3) is 1.90. The average Bonchev–Trinajstić information content (AvgIpc) is 3.05. The van der Waals surface area contributed by atoms with Crippen molar-refractivity contribution >= 4 is 16.7 Å². The molecule has 0 aliphatic carbocycles. The van der Waals surface area contributed by atoms with E-state index in [4.69, 9.17) is 9.15 Å². The Morgan fingerprint density at radius 2 is 2.20 bits per heavy atom. The minimum atomic E-state index is -0.133. The van der Waals surface area contributed by atoms with E-state index >= 15 is 0 Å². The summed E-state index contributed by atoms with van der Waals surface area (Å²) in [6, 6.07) is 7.47. The Hall–Kier alpha value is -2.49. The smallest absolute Gasteiger partial charge is 0.230 e. The molecule has 0 spiro atoms. The SMILES string of the molecule is CCOc1cccc2[nH]cc(C(=O)c3occc3C)c12. The summed E-state index contributed by atoms with van der Waals surface area (Å²) in [7, 11) is 0. The Balaban J connectivity index is 2.17. The summed E-state index contributed by atoms with van der Waals surface area (Å²) in [6.45, 7) is 4.33. The molecule has 0 amide bonds. The van der Waals surface area contributed by atoms with Gasteiger partial charge in [-0.3, -0.25) is 4.79 Å². The van der Waals surface area contributed by atoms with E-state index in [1.54, 1.807) is 12.3 Å². The number of furan rings is 1. The van der Waals surface area contributed by atoms with Gasteiger partial charge in [-0.1, -0.05) is 6.07 Å². The Labute approximate surface area is 116 Å². The number of hydrogen-bond donors (Lipinski definition) is 1. The lowest BCUT2D eigenvalue weighted by atomic mass is 10.0. The molecule has 0 bridgehead atoms. The van der Waals surface area contributed by atoms with Crippen molar-refractivity contribution in [2.45, 2.75) is 13.8 Å². The van der Waals surface area contributed by atoms with E-state index in [1.807, 2.05) is 32.0 Å². The molecule has 0 radical (unpaired) electrons. The molecule has 0 atom stereocenters. The second kappa shape index (κ2) is 4.89. The number of ether oxygens (including phenoxy) is 1. The number of nitrogens with one attached hydrogen (secondary N) is 1. The molecule has 0 saturated carbocycles. The summed E-state index contributed by atoms with van der Waals surface area (Å²) in [5.74, 6) is 0.946. The molecule has 2 aromatic heterocycles. The number of rotatable bonds is 4. The first-order chi connectivity index (χ1) is 9.72. The van der Waals surface area contributed by atoms with Gasteiger partial charge < -0.3 is 14.1 Å². The van der Waals surface area contributed by atoms with Gasteiger partial charge in [0.05, 0.1) is 23.8 Å². The summed E-state index contributed by atoms with van der Waals surface area (Å²) in [4.78, 5) is 15.7. The zero-order chi connectivity index (χ0) is 14.1. The number of aromatic amines is 1. The van der Waals surface area contributed by atoms with Crippen LogP contribution in [-0.4, -0.2) is 17.4 Å². The van der Waals surface area contributed by atoms with Crippen LogP contribution in [0, 0.1) is 6.92 Å². The number of aromatic nitrogens is 1. The molecular weight excluding hydrogens is 254 g/mol. The second-order valence-corrected chi connectivity index (χ2v) is 4.58. The molecule has 3 aromatic rings. The van der Waals surface area contributed by atoms with Crippen LogP contribution in [0.25, 0.3) is 10.9 Å². The van der Waals surface area contributed by atoms with Gasteiger partial charge in [-0.25, -0.2) is 0 Å². The number of hydrogen-bond acceptors (Lipinski definition) is 3. The predicted octanol–water partition coefficient (Wildman–Crippen LogP) is 3.70. The van der Waals surface area contributed by atoms with Gasteiger partial charge in [0.2, 0.25) is 5.78 Å². The highest BCUT2D eigenvalue weighted by atomic mass is 16.5. The maximum absolute atomic E-state index is 12.6. The van der Waals surface area contributed by atoms with E-state index in [0.29, 0.717) is 23.7 Å². The summed E-state index contributed by atoms with van der Waals surface area (Å²) >= 11 is 0. The topological polar surface area (TPSA) is 55.2 Å². The molecular formula is C16H15NO3. The van der Waals surface area contributed by atoms with Crippen molar-refractivity contribution in [3.63, 3.8) is 0 Å². The number of aryl methyl sites for hydroxylation is 1. The third-order valence-electron chi connectivity index (χ3n) is 3.28. The van der Waals surface area contributed by atoms with Gasteiger partial charge in [0.1, 0.15) is 5.75 Å². The van der Waals surface area contributed by atoms with Gasteiger partial charge in [0.25, 0.3) is 0 Å². The summed E-state index contributed by atoms with van der Waals surface area (Å²) in [6.07, 6.45) is 3.23. The standard InChI is InChI=1S/C16H15NO3/c1-3-19-13-6-4-5-12-14(13)11(9-17-12)15(18)16-10(2)7-8-20-16/h4-9,17H,3H2,1-2H3. The normalized spacial score (nSPS) is 10.9. The van der Waals surface area contributed by atoms with Crippen molar-refractivity contribution in [3.05, 3.63) is 53.6 Å². The monoisotopic (exact) mass is 269 g/mol. The van der Waals surface area contributed by atoms with Gasteiger partial charge in [-0.15, -0.1) is 0 Å². The number of ketones is 1. The van der Waals surface area contributed by atoms with Crippen LogP contribution in [0.15, 0.2) is 41.1 Å². The molecule has 0 aliphatic rings. The van der Waals surface area contributed by atoms with Crippen LogP contribution >= 0.6 is 0 Å². The Morgan fingerprint density at radius 1 is 1.35 bits per heavy atom. The fourth-order valence-corrected chi connectivity index (χ4v) is 2.33. The van der Waals surface area contributed by atoms with Gasteiger partial charge in [-0.2, -0.15) is 0 Å². The van der Waals surface area contributed by atoms with Crippen molar-refractivity contribution in [1.29, 1.82) is 0 Å².